The van der Waals surface area contributed by atoms with E-state index in [-0.39, 0.29) is 18.0 Å². The summed E-state index contributed by atoms with van der Waals surface area (Å²) in [5.41, 5.74) is 1.10. The van der Waals surface area contributed by atoms with Gasteiger partial charge in [-0.05, 0) is 64.3 Å². The van der Waals surface area contributed by atoms with Crippen LogP contribution >= 0.6 is 0 Å². The normalized spacial score (nSPS) is 17.7. The van der Waals surface area contributed by atoms with Crippen molar-refractivity contribution in [3.63, 3.8) is 0 Å². The van der Waals surface area contributed by atoms with Crippen LogP contribution in [0, 0.1) is 0 Å². The van der Waals surface area contributed by atoms with E-state index in [2.05, 4.69) is 27.4 Å². The number of likely N-dealkylation sites (N-methyl/N-ethyl adjacent to an activating group) is 1. The molecular weight excluding hydrogens is 406 g/mol. The van der Waals surface area contributed by atoms with Crippen LogP contribution in [0.2, 0.25) is 0 Å². The van der Waals surface area contributed by atoms with Gasteiger partial charge in [0.2, 0.25) is 5.91 Å². The first-order valence-corrected chi connectivity index (χ1v) is 11.7. The number of carbonyl (C=O) groups is 1. The fourth-order valence-corrected chi connectivity index (χ4v) is 3.98. The lowest BCUT2D eigenvalue weighted by Gasteiger charge is -2.26. The molecule has 2 N–H and O–H groups in total. The van der Waals surface area contributed by atoms with Crippen LogP contribution in [0.25, 0.3) is 0 Å². The molecule has 0 aliphatic carbocycles. The van der Waals surface area contributed by atoms with Crippen LogP contribution in [0.1, 0.15) is 51.6 Å². The molecule has 0 radical (unpaired) electrons. The van der Waals surface area contributed by atoms with Crippen molar-refractivity contribution in [1.29, 1.82) is 0 Å². The average molecular weight is 448 g/mol. The first kappa shape index (κ1) is 25.8. The Labute approximate surface area is 193 Å². The summed E-state index contributed by atoms with van der Waals surface area (Å²) in [7, 11) is 5.44. The molecule has 8 nitrogen and oxygen atoms in total. The van der Waals surface area contributed by atoms with Crippen LogP contribution in [0.15, 0.2) is 23.2 Å². The number of hydrogen-bond acceptors (Lipinski definition) is 5. The molecule has 1 saturated heterocycles. The molecule has 180 valence electrons. The van der Waals surface area contributed by atoms with Gasteiger partial charge in [0.15, 0.2) is 17.5 Å². The van der Waals surface area contributed by atoms with Crippen molar-refractivity contribution in [2.45, 2.75) is 52.1 Å². The highest BCUT2D eigenvalue weighted by Crippen LogP contribution is 2.30. The van der Waals surface area contributed by atoms with Gasteiger partial charge in [-0.25, -0.2) is 0 Å². The van der Waals surface area contributed by atoms with Crippen molar-refractivity contribution in [3.8, 4) is 11.5 Å². The molecule has 1 heterocycles. The monoisotopic (exact) mass is 447 g/mol. The molecule has 2 unspecified atom stereocenters. The zero-order valence-electron chi connectivity index (χ0n) is 20.6. The van der Waals surface area contributed by atoms with Crippen LogP contribution in [-0.4, -0.2) is 81.7 Å². The van der Waals surface area contributed by atoms with Crippen LogP contribution < -0.4 is 20.1 Å². The van der Waals surface area contributed by atoms with E-state index in [1.54, 1.807) is 11.9 Å². The molecule has 8 heteroatoms. The van der Waals surface area contributed by atoms with Crippen LogP contribution in [0.3, 0.4) is 0 Å². The smallest absolute Gasteiger partial charge is 0.239 e. The predicted molar refractivity (Wildman–Crippen MR) is 130 cm³/mol. The van der Waals surface area contributed by atoms with E-state index < -0.39 is 0 Å². The maximum Gasteiger partial charge on any atom is 0.239 e. The van der Waals surface area contributed by atoms with E-state index in [0.717, 1.165) is 61.9 Å². The minimum Gasteiger partial charge on any atom is -0.490 e. The Morgan fingerprint density at radius 1 is 1.25 bits per heavy atom. The fourth-order valence-electron chi connectivity index (χ4n) is 3.98. The predicted octanol–water partition coefficient (Wildman–Crippen LogP) is 2.65. The van der Waals surface area contributed by atoms with Gasteiger partial charge in [-0.3, -0.25) is 14.7 Å². The highest BCUT2D eigenvalue weighted by atomic mass is 16.5. The molecule has 1 fully saturated rings. The molecule has 2 rings (SSSR count). The Hall–Kier alpha value is -2.48. The number of amides is 1. The minimum absolute atomic E-state index is 0.0293. The van der Waals surface area contributed by atoms with Gasteiger partial charge in [0, 0.05) is 34.2 Å². The standard InChI is InChI=1S/C24H41N5O3/c1-7-31-21-13-12-19(17-22(21)32-8-2)18(3)27-24(25-4)26-14-10-16-29-15-9-11-20(29)23(30)28(5)6/h12-13,17-18,20H,7-11,14-16H2,1-6H3,(H2,25,26,27). The summed E-state index contributed by atoms with van der Waals surface area (Å²) in [5.74, 6) is 2.49. The lowest BCUT2D eigenvalue weighted by molar-refractivity contribution is -0.133. The van der Waals surface area contributed by atoms with Crippen molar-refractivity contribution < 1.29 is 14.3 Å². The molecule has 0 saturated carbocycles. The summed E-state index contributed by atoms with van der Waals surface area (Å²) < 4.78 is 11.4. The number of guanidine groups is 1. The summed E-state index contributed by atoms with van der Waals surface area (Å²) >= 11 is 0. The second kappa shape index (κ2) is 13.2. The van der Waals surface area contributed by atoms with Crippen molar-refractivity contribution in [3.05, 3.63) is 23.8 Å². The van der Waals surface area contributed by atoms with E-state index in [0.29, 0.717) is 13.2 Å². The minimum atomic E-state index is 0.0293. The molecular formula is C24H41N5O3. The summed E-state index contributed by atoms with van der Waals surface area (Å²) in [6.07, 6.45) is 2.99. The van der Waals surface area contributed by atoms with Gasteiger partial charge in [0.05, 0.1) is 25.3 Å². The molecule has 0 spiro atoms. The second-order valence-electron chi connectivity index (χ2n) is 8.22. The molecule has 0 bridgehead atoms. The summed E-state index contributed by atoms with van der Waals surface area (Å²) in [6.45, 7) is 9.91. The number of carbonyl (C=O) groups excluding carboxylic acids is 1. The van der Waals surface area contributed by atoms with Crippen molar-refractivity contribution >= 4 is 11.9 Å². The number of ether oxygens (including phenoxy) is 2. The largest absolute Gasteiger partial charge is 0.490 e. The topological polar surface area (TPSA) is 78.4 Å². The second-order valence-corrected chi connectivity index (χ2v) is 8.22. The third-order valence-corrected chi connectivity index (χ3v) is 5.65. The van der Waals surface area contributed by atoms with E-state index in [1.165, 1.54) is 0 Å². The molecule has 1 aliphatic rings. The molecule has 1 aliphatic heterocycles. The zero-order chi connectivity index (χ0) is 23.5. The van der Waals surface area contributed by atoms with E-state index >= 15 is 0 Å². The van der Waals surface area contributed by atoms with Gasteiger partial charge in [-0.1, -0.05) is 6.07 Å². The molecule has 1 aromatic rings. The Balaban J connectivity index is 1.84. The van der Waals surface area contributed by atoms with E-state index in [4.69, 9.17) is 9.47 Å². The van der Waals surface area contributed by atoms with E-state index in [1.807, 2.05) is 46.1 Å². The van der Waals surface area contributed by atoms with Crippen LogP contribution in [0.4, 0.5) is 0 Å². The Morgan fingerprint density at radius 3 is 2.62 bits per heavy atom. The molecule has 1 aromatic carbocycles. The van der Waals surface area contributed by atoms with E-state index in [9.17, 15) is 4.79 Å². The highest BCUT2D eigenvalue weighted by molar-refractivity contribution is 5.81. The zero-order valence-corrected chi connectivity index (χ0v) is 20.6. The maximum absolute atomic E-state index is 12.3. The Bertz CT molecular complexity index is 753. The first-order chi connectivity index (χ1) is 15.4. The van der Waals surface area contributed by atoms with Crippen LogP contribution in [-0.2, 0) is 4.79 Å². The number of aliphatic imine (C=N–C) groups is 1. The average Bonchev–Trinajstić information content (AvgIpc) is 3.24. The Kier molecular flexibility index (Phi) is 10.6. The first-order valence-electron chi connectivity index (χ1n) is 11.7. The molecule has 0 aromatic heterocycles. The lowest BCUT2D eigenvalue weighted by Crippen LogP contribution is -2.44. The van der Waals surface area contributed by atoms with Gasteiger partial charge >= 0.3 is 0 Å². The van der Waals surface area contributed by atoms with Crippen LogP contribution in [0.5, 0.6) is 11.5 Å². The lowest BCUT2D eigenvalue weighted by atomic mass is 10.1. The van der Waals surface area contributed by atoms with Gasteiger partial charge in [-0.15, -0.1) is 0 Å². The van der Waals surface area contributed by atoms with Gasteiger partial charge in [-0.2, -0.15) is 0 Å². The van der Waals surface area contributed by atoms with Crippen molar-refractivity contribution in [2.24, 2.45) is 4.99 Å². The van der Waals surface area contributed by atoms with Gasteiger partial charge < -0.3 is 25.0 Å². The highest BCUT2D eigenvalue weighted by Gasteiger charge is 2.31. The third-order valence-electron chi connectivity index (χ3n) is 5.65. The summed E-state index contributed by atoms with van der Waals surface area (Å²) in [5, 5.41) is 6.84. The fraction of sp³-hybridized carbons (Fsp3) is 0.667. The number of benzene rings is 1. The van der Waals surface area contributed by atoms with Crippen molar-refractivity contribution in [2.75, 3.05) is 54.0 Å². The summed E-state index contributed by atoms with van der Waals surface area (Å²) in [4.78, 5) is 20.7. The maximum atomic E-state index is 12.3. The molecule has 1 amide bonds. The van der Waals surface area contributed by atoms with Crippen molar-refractivity contribution in [1.82, 2.24) is 20.4 Å². The number of likely N-dealkylation sites (tertiary alicyclic amines) is 1. The SMILES string of the molecule is CCOc1ccc(C(C)NC(=NC)NCCCN2CCCC2C(=O)N(C)C)cc1OCC. The summed E-state index contributed by atoms with van der Waals surface area (Å²) in [6, 6.07) is 6.11. The Morgan fingerprint density at radius 2 is 1.97 bits per heavy atom. The molecule has 32 heavy (non-hydrogen) atoms. The van der Waals surface area contributed by atoms with Gasteiger partial charge in [0.1, 0.15) is 0 Å². The quantitative estimate of drug-likeness (QED) is 0.309. The number of rotatable bonds is 11. The number of nitrogens with one attached hydrogen (secondary N) is 2. The number of hydrogen-bond donors (Lipinski definition) is 2. The third kappa shape index (κ3) is 7.29. The molecule has 2 atom stereocenters. The van der Waals surface area contributed by atoms with Gasteiger partial charge in [0.25, 0.3) is 0 Å². The number of nitrogens with zero attached hydrogens (tertiary/aromatic N) is 3.